The van der Waals surface area contributed by atoms with E-state index in [-0.39, 0.29) is 11.4 Å². The summed E-state index contributed by atoms with van der Waals surface area (Å²) in [6, 6.07) is 8.40. The largest absolute Gasteiger partial charge is 0.416 e. The zero-order valence-corrected chi connectivity index (χ0v) is 17.5. The van der Waals surface area contributed by atoms with Gasteiger partial charge in [-0.3, -0.25) is 9.47 Å². The van der Waals surface area contributed by atoms with Crippen molar-refractivity contribution in [2.24, 2.45) is 0 Å². The van der Waals surface area contributed by atoms with Crippen LogP contribution in [0.2, 0.25) is 0 Å². The lowest BCUT2D eigenvalue weighted by atomic mass is 9.89. The van der Waals surface area contributed by atoms with Crippen LogP contribution in [-0.2, 0) is 11.0 Å². The second kappa shape index (κ2) is 9.17. The molecule has 1 N–H and O–H groups in total. The molecule has 31 heavy (non-hydrogen) atoms. The molecule has 3 aromatic rings. The maximum Gasteiger partial charge on any atom is 0.416 e. The quantitative estimate of drug-likeness (QED) is 0.526. The Balaban J connectivity index is 1.47. The van der Waals surface area contributed by atoms with Gasteiger partial charge in [-0.25, -0.2) is 4.68 Å². The highest BCUT2D eigenvalue weighted by molar-refractivity contribution is 7.99. The number of hydrogen-bond acceptors (Lipinski definition) is 4. The molecule has 0 radical (unpaired) electrons. The van der Waals surface area contributed by atoms with Crippen molar-refractivity contribution in [3.8, 4) is 0 Å². The molecule has 0 bridgehead atoms. The lowest BCUT2D eigenvalue weighted by Crippen LogP contribution is -2.18. The summed E-state index contributed by atoms with van der Waals surface area (Å²) < 4.78 is 42.4. The Labute approximate surface area is 181 Å². The fourth-order valence-electron chi connectivity index (χ4n) is 3.76. The normalized spacial score (nSPS) is 15.2. The van der Waals surface area contributed by atoms with Crippen LogP contribution in [0.5, 0.6) is 0 Å². The molecule has 1 aliphatic carbocycles. The number of halogens is 3. The van der Waals surface area contributed by atoms with Crippen LogP contribution < -0.4 is 5.32 Å². The van der Waals surface area contributed by atoms with Gasteiger partial charge in [0, 0.05) is 24.0 Å². The van der Waals surface area contributed by atoms with Crippen LogP contribution in [0.25, 0.3) is 0 Å². The Bertz CT molecular complexity index is 1030. The molecule has 0 atom stereocenters. The predicted octanol–water partition coefficient (Wildman–Crippen LogP) is 5.19. The Morgan fingerprint density at radius 3 is 2.55 bits per heavy atom. The number of aromatic nitrogens is 4. The molecule has 0 spiro atoms. The first kappa shape index (κ1) is 21.5. The minimum atomic E-state index is -4.46. The molecule has 164 valence electrons. The van der Waals surface area contributed by atoms with Crippen LogP contribution >= 0.6 is 11.8 Å². The maximum atomic E-state index is 12.9. The van der Waals surface area contributed by atoms with Crippen molar-refractivity contribution in [1.29, 1.82) is 0 Å². The maximum absolute atomic E-state index is 12.9. The van der Waals surface area contributed by atoms with Crippen molar-refractivity contribution < 1.29 is 18.0 Å². The lowest BCUT2D eigenvalue weighted by molar-refractivity contribution is -0.137. The molecule has 2 heterocycles. The summed E-state index contributed by atoms with van der Waals surface area (Å²) >= 11 is 1.20. The molecule has 0 saturated heterocycles. The topological polar surface area (TPSA) is 64.7 Å². The van der Waals surface area contributed by atoms with Crippen molar-refractivity contribution in [2.45, 2.75) is 49.4 Å². The smallest absolute Gasteiger partial charge is 0.325 e. The molecule has 1 saturated carbocycles. The molecule has 1 fully saturated rings. The molecular weight excluding hydrogens is 427 g/mol. The van der Waals surface area contributed by atoms with E-state index < -0.39 is 17.6 Å². The van der Waals surface area contributed by atoms with Crippen molar-refractivity contribution in [2.75, 3.05) is 11.1 Å². The van der Waals surface area contributed by atoms with E-state index in [9.17, 15) is 18.0 Å². The van der Waals surface area contributed by atoms with E-state index in [1.165, 1.54) is 30.3 Å². The van der Waals surface area contributed by atoms with Crippen molar-refractivity contribution in [1.82, 2.24) is 19.5 Å². The number of thioether (sulfide) groups is 1. The molecule has 0 aliphatic heterocycles. The third-order valence-electron chi connectivity index (χ3n) is 5.23. The van der Waals surface area contributed by atoms with Crippen LogP contribution in [0.1, 0.15) is 49.4 Å². The van der Waals surface area contributed by atoms with Crippen molar-refractivity contribution in [3.05, 3.63) is 60.2 Å². The van der Waals surface area contributed by atoms with E-state index in [1.54, 1.807) is 0 Å². The number of hydrogen-bond donors (Lipinski definition) is 1. The summed E-state index contributed by atoms with van der Waals surface area (Å²) in [5.74, 6) is 0.777. The summed E-state index contributed by atoms with van der Waals surface area (Å²) in [4.78, 5) is 12.4. The average Bonchev–Trinajstić information content (AvgIpc) is 3.42. The highest BCUT2D eigenvalue weighted by Crippen LogP contribution is 2.33. The zero-order valence-electron chi connectivity index (χ0n) is 16.7. The summed E-state index contributed by atoms with van der Waals surface area (Å²) in [5, 5.41) is 11.8. The van der Waals surface area contributed by atoms with Crippen LogP contribution in [0.15, 0.2) is 53.9 Å². The van der Waals surface area contributed by atoms with Gasteiger partial charge in [0.15, 0.2) is 5.82 Å². The van der Waals surface area contributed by atoms with Crippen LogP contribution in [0.4, 0.5) is 18.9 Å². The predicted molar refractivity (Wildman–Crippen MR) is 112 cm³/mol. The molecule has 1 amide bonds. The number of anilines is 1. The standard InChI is InChI=1S/C21H22F3N5OS/c22-21(23,24)16-9-6-10-17(13-16)25-18(30)14-31-20-27-26-19(15-7-2-1-3-8-15)29(20)28-11-4-5-12-28/h4-6,9-13,15H,1-3,7-8,14H2,(H,25,30). The summed E-state index contributed by atoms with van der Waals surface area (Å²) in [6.45, 7) is 0. The average molecular weight is 450 g/mol. The first-order chi connectivity index (χ1) is 14.9. The summed E-state index contributed by atoms with van der Waals surface area (Å²) in [5.41, 5.74) is -0.697. The molecule has 6 nitrogen and oxygen atoms in total. The summed E-state index contributed by atoms with van der Waals surface area (Å²) in [7, 11) is 0. The van der Waals surface area contributed by atoms with Crippen LogP contribution in [0, 0.1) is 0 Å². The zero-order chi connectivity index (χ0) is 21.8. The first-order valence-corrected chi connectivity index (χ1v) is 11.1. The highest BCUT2D eigenvalue weighted by Gasteiger charge is 2.30. The molecule has 1 aromatic carbocycles. The molecule has 4 rings (SSSR count). The van der Waals surface area contributed by atoms with E-state index in [4.69, 9.17) is 0 Å². The minimum absolute atomic E-state index is 0.000312. The van der Waals surface area contributed by atoms with E-state index in [0.29, 0.717) is 11.1 Å². The number of amides is 1. The SMILES string of the molecule is O=C(CSc1nnc(C2CCCCC2)n1-n1cccc1)Nc1cccc(C(F)(F)F)c1. The number of nitrogens with zero attached hydrogens (tertiary/aromatic N) is 4. The third-order valence-corrected chi connectivity index (χ3v) is 6.15. The van der Waals surface area contributed by atoms with Gasteiger partial charge >= 0.3 is 6.18 Å². The van der Waals surface area contributed by atoms with Gasteiger partial charge in [-0.2, -0.15) is 13.2 Å². The van der Waals surface area contributed by atoms with Gasteiger partial charge < -0.3 is 5.32 Å². The fraction of sp³-hybridized carbons (Fsp3) is 0.381. The van der Waals surface area contributed by atoms with Gasteiger partial charge in [-0.1, -0.05) is 37.1 Å². The summed E-state index contributed by atoms with van der Waals surface area (Å²) in [6.07, 6.45) is 4.98. The second-order valence-electron chi connectivity index (χ2n) is 7.47. The third kappa shape index (κ3) is 5.12. The van der Waals surface area contributed by atoms with E-state index >= 15 is 0 Å². The Morgan fingerprint density at radius 2 is 1.84 bits per heavy atom. The van der Waals surface area contributed by atoms with Gasteiger partial charge in [0.05, 0.1) is 11.3 Å². The Kier molecular flexibility index (Phi) is 6.35. The Hall–Kier alpha value is -2.75. The molecule has 10 heteroatoms. The monoisotopic (exact) mass is 449 g/mol. The number of benzene rings is 1. The van der Waals surface area contributed by atoms with Crippen LogP contribution in [0.3, 0.4) is 0 Å². The van der Waals surface area contributed by atoms with Gasteiger partial charge in [-0.15, -0.1) is 10.2 Å². The van der Waals surface area contributed by atoms with Gasteiger partial charge in [0.2, 0.25) is 11.1 Å². The van der Waals surface area contributed by atoms with E-state index in [0.717, 1.165) is 43.6 Å². The van der Waals surface area contributed by atoms with Crippen molar-refractivity contribution >= 4 is 23.4 Å². The Morgan fingerprint density at radius 1 is 1.10 bits per heavy atom. The van der Waals surface area contributed by atoms with E-state index in [2.05, 4.69) is 15.5 Å². The number of rotatable bonds is 6. The number of alkyl halides is 3. The number of carbonyl (C=O) groups excluding carboxylic acids is 1. The van der Waals surface area contributed by atoms with Gasteiger partial charge in [-0.05, 0) is 43.2 Å². The van der Waals surface area contributed by atoms with Gasteiger partial charge in [0.25, 0.3) is 0 Å². The minimum Gasteiger partial charge on any atom is -0.325 e. The fourth-order valence-corrected chi connectivity index (χ4v) is 4.50. The number of carbonyl (C=O) groups is 1. The highest BCUT2D eigenvalue weighted by atomic mass is 32.2. The van der Waals surface area contributed by atoms with Crippen molar-refractivity contribution in [3.63, 3.8) is 0 Å². The lowest BCUT2D eigenvalue weighted by Gasteiger charge is -2.22. The molecule has 1 aliphatic rings. The molecular formula is C21H22F3N5OS. The molecule has 2 aromatic heterocycles. The second-order valence-corrected chi connectivity index (χ2v) is 8.41. The van der Waals surface area contributed by atoms with Gasteiger partial charge in [0.1, 0.15) is 0 Å². The van der Waals surface area contributed by atoms with E-state index in [1.807, 2.05) is 33.9 Å². The first-order valence-electron chi connectivity index (χ1n) is 10.1. The van der Waals surface area contributed by atoms with Crippen LogP contribution in [-0.4, -0.2) is 31.2 Å². The molecule has 0 unspecified atom stereocenters. The number of nitrogens with one attached hydrogen (secondary N) is 1.